The summed E-state index contributed by atoms with van der Waals surface area (Å²) in [7, 11) is 0. The number of hydrogen-bond donors (Lipinski definition) is 2. The van der Waals surface area contributed by atoms with E-state index >= 15 is 0 Å². The molecule has 0 amide bonds. The molecule has 1 aromatic carbocycles. The van der Waals surface area contributed by atoms with Crippen LogP contribution in [-0.4, -0.2) is 20.9 Å². The number of aliphatic carboxylic acids is 1. The number of carboxylic acids is 1. The lowest BCUT2D eigenvalue weighted by Crippen LogP contribution is -2.20. The lowest BCUT2D eigenvalue weighted by Gasteiger charge is -1.98. The van der Waals surface area contributed by atoms with Crippen molar-refractivity contribution in [3.8, 4) is 11.3 Å². The number of aromatic nitrogens is 2. The number of nitrogens with zero attached hydrogens (tertiary/aromatic N) is 1. The maximum atomic E-state index is 11.4. The van der Waals surface area contributed by atoms with Crippen molar-refractivity contribution >= 4 is 5.97 Å². The fourth-order valence-electron chi connectivity index (χ4n) is 1.45. The second kappa shape index (κ2) is 4.06. The Morgan fingerprint density at radius 2 is 2.00 bits per heavy atom. The molecule has 1 heterocycles. The summed E-state index contributed by atoms with van der Waals surface area (Å²) in [5, 5.41) is 11.3. The molecule has 0 spiro atoms. The molecule has 0 radical (unpaired) electrons. The largest absolute Gasteiger partial charge is 0.480 e. The number of benzene rings is 1. The lowest BCUT2D eigenvalue weighted by atomic mass is 10.2. The van der Waals surface area contributed by atoms with E-state index in [4.69, 9.17) is 5.11 Å². The predicted molar refractivity (Wildman–Crippen MR) is 58.1 cm³/mol. The smallest absolute Gasteiger partial charge is 0.325 e. The minimum absolute atomic E-state index is 0.346. The van der Waals surface area contributed by atoms with E-state index < -0.39 is 5.97 Å². The van der Waals surface area contributed by atoms with Crippen LogP contribution in [0.1, 0.15) is 0 Å². The summed E-state index contributed by atoms with van der Waals surface area (Å²) < 4.78 is 1.06. The molecule has 82 valence electrons. The van der Waals surface area contributed by atoms with E-state index in [1.165, 1.54) is 6.07 Å². The Morgan fingerprint density at radius 3 is 2.62 bits per heavy atom. The van der Waals surface area contributed by atoms with Gasteiger partial charge in [0.15, 0.2) is 0 Å². The molecule has 0 saturated carbocycles. The summed E-state index contributed by atoms with van der Waals surface area (Å²) in [5.74, 6) is -1.05. The molecule has 0 aliphatic rings. The molecule has 0 saturated heterocycles. The molecular formula is C11H10N2O3. The molecule has 0 aliphatic heterocycles. The molecule has 0 fully saturated rings. The van der Waals surface area contributed by atoms with E-state index in [0.717, 1.165) is 10.2 Å². The summed E-state index contributed by atoms with van der Waals surface area (Å²) >= 11 is 0. The Morgan fingerprint density at radius 1 is 1.31 bits per heavy atom. The van der Waals surface area contributed by atoms with Crippen molar-refractivity contribution in [2.75, 3.05) is 0 Å². The van der Waals surface area contributed by atoms with E-state index in [1.54, 1.807) is 0 Å². The van der Waals surface area contributed by atoms with Crippen LogP contribution in [0.4, 0.5) is 0 Å². The van der Waals surface area contributed by atoms with E-state index in [9.17, 15) is 9.59 Å². The summed E-state index contributed by atoms with van der Waals surface area (Å²) in [4.78, 5) is 21.9. The summed E-state index contributed by atoms with van der Waals surface area (Å²) in [5.41, 5.74) is 1.12. The quantitative estimate of drug-likeness (QED) is 0.804. The minimum atomic E-state index is -1.05. The van der Waals surface area contributed by atoms with E-state index in [-0.39, 0.29) is 12.1 Å². The first-order valence-electron chi connectivity index (χ1n) is 4.74. The Bertz CT molecular complexity index is 554. The van der Waals surface area contributed by atoms with E-state index in [0.29, 0.717) is 5.69 Å². The first-order chi connectivity index (χ1) is 7.66. The Labute approximate surface area is 90.9 Å². The molecule has 0 unspecified atom stereocenters. The predicted octanol–water partition coefficient (Wildman–Crippen LogP) is 0.928. The highest BCUT2D eigenvalue weighted by molar-refractivity contribution is 5.66. The Kier molecular flexibility index (Phi) is 2.59. The molecule has 2 rings (SSSR count). The zero-order valence-electron chi connectivity index (χ0n) is 8.38. The summed E-state index contributed by atoms with van der Waals surface area (Å²) in [6.45, 7) is -0.355. The maximum Gasteiger partial charge on any atom is 0.325 e. The number of nitrogens with one attached hydrogen (secondary N) is 1. The van der Waals surface area contributed by atoms with Crippen LogP contribution in [0.3, 0.4) is 0 Å². The standard InChI is InChI=1S/C11H10N2O3/c14-10-6-9(8-4-2-1-3-5-8)12-13(10)7-11(15)16/h1-6,12H,7H2,(H,15,16). The van der Waals surface area contributed by atoms with Crippen molar-refractivity contribution in [2.24, 2.45) is 0 Å². The van der Waals surface area contributed by atoms with E-state index in [1.807, 2.05) is 30.3 Å². The zero-order valence-corrected chi connectivity index (χ0v) is 8.38. The van der Waals surface area contributed by atoms with Gasteiger partial charge in [0.1, 0.15) is 6.54 Å². The number of carbonyl (C=O) groups is 1. The van der Waals surface area contributed by atoms with E-state index in [2.05, 4.69) is 5.10 Å². The van der Waals surface area contributed by atoms with Gasteiger partial charge in [0.2, 0.25) is 0 Å². The van der Waals surface area contributed by atoms with Crippen LogP contribution in [0, 0.1) is 0 Å². The van der Waals surface area contributed by atoms with Gasteiger partial charge >= 0.3 is 5.97 Å². The van der Waals surface area contributed by atoms with Crippen LogP contribution < -0.4 is 5.56 Å². The number of carboxylic acid groups (broad SMARTS) is 1. The second-order valence-corrected chi connectivity index (χ2v) is 3.35. The molecule has 0 atom stereocenters. The van der Waals surface area contributed by atoms with Crippen molar-refractivity contribution < 1.29 is 9.90 Å². The maximum absolute atomic E-state index is 11.4. The zero-order chi connectivity index (χ0) is 11.5. The number of aromatic amines is 1. The van der Waals surface area contributed by atoms with Gasteiger partial charge in [-0.1, -0.05) is 30.3 Å². The fourth-order valence-corrected chi connectivity index (χ4v) is 1.45. The Balaban J connectivity index is 2.38. The monoisotopic (exact) mass is 218 g/mol. The van der Waals surface area contributed by atoms with Gasteiger partial charge in [0, 0.05) is 6.07 Å². The van der Waals surface area contributed by atoms with Gasteiger partial charge in [-0.15, -0.1) is 0 Å². The highest BCUT2D eigenvalue weighted by atomic mass is 16.4. The van der Waals surface area contributed by atoms with Crippen molar-refractivity contribution in [3.63, 3.8) is 0 Å². The van der Waals surface area contributed by atoms with Crippen molar-refractivity contribution in [1.82, 2.24) is 9.78 Å². The number of H-pyrrole nitrogens is 1. The van der Waals surface area contributed by atoms with Gasteiger partial charge in [-0.2, -0.15) is 0 Å². The number of hydrogen-bond acceptors (Lipinski definition) is 2. The van der Waals surface area contributed by atoms with Crippen LogP contribution in [0.2, 0.25) is 0 Å². The molecule has 5 nitrogen and oxygen atoms in total. The van der Waals surface area contributed by atoms with Crippen LogP contribution in [0.25, 0.3) is 11.3 Å². The molecule has 2 aromatic rings. The van der Waals surface area contributed by atoms with Crippen LogP contribution in [0.5, 0.6) is 0 Å². The summed E-state index contributed by atoms with van der Waals surface area (Å²) in [6, 6.07) is 10.6. The van der Waals surface area contributed by atoms with Crippen molar-refractivity contribution in [1.29, 1.82) is 0 Å². The normalized spacial score (nSPS) is 10.2. The van der Waals surface area contributed by atoms with Crippen LogP contribution in [0.15, 0.2) is 41.2 Å². The molecule has 0 aliphatic carbocycles. The number of rotatable bonds is 3. The van der Waals surface area contributed by atoms with Crippen LogP contribution in [-0.2, 0) is 11.3 Å². The third-order valence-corrected chi connectivity index (χ3v) is 2.17. The van der Waals surface area contributed by atoms with Gasteiger partial charge in [-0.3, -0.25) is 14.7 Å². The van der Waals surface area contributed by atoms with Gasteiger partial charge in [0.05, 0.1) is 5.69 Å². The molecule has 5 heteroatoms. The van der Waals surface area contributed by atoms with Crippen molar-refractivity contribution in [3.05, 3.63) is 46.8 Å². The van der Waals surface area contributed by atoms with Crippen molar-refractivity contribution in [2.45, 2.75) is 6.54 Å². The highest BCUT2D eigenvalue weighted by Gasteiger charge is 2.07. The average Bonchev–Trinajstić information content (AvgIpc) is 2.61. The molecule has 16 heavy (non-hydrogen) atoms. The highest BCUT2D eigenvalue weighted by Crippen LogP contribution is 2.13. The lowest BCUT2D eigenvalue weighted by molar-refractivity contribution is -0.137. The Hall–Kier alpha value is -2.30. The third kappa shape index (κ3) is 2.03. The first kappa shape index (κ1) is 10.2. The van der Waals surface area contributed by atoms with Gasteiger partial charge < -0.3 is 5.11 Å². The summed E-state index contributed by atoms with van der Waals surface area (Å²) in [6.07, 6.45) is 0. The average molecular weight is 218 g/mol. The topological polar surface area (TPSA) is 75.1 Å². The second-order valence-electron chi connectivity index (χ2n) is 3.35. The van der Waals surface area contributed by atoms with Gasteiger partial charge in [-0.05, 0) is 5.56 Å². The molecule has 2 N–H and O–H groups in total. The molecule has 1 aromatic heterocycles. The van der Waals surface area contributed by atoms with Crippen LogP contribution >= 0.6 is 0 Å². The first-order valence-corrected chi connectivity index (χ1v) is 4.74. The van der Waals surface area contributed by atoms with Gasteiger partial charge in [-0.25, -0.2) is 4.68 Å². The minimum Gasteiger partial charge on any atom is -0.480 e. The molecule has 0 bridgehead atoms. The molecular weight excluding hydrogens is 208 g/mol. The van der Waals surface area contributed by atoms with Gasteiger partial charge in [0.25, 0.3) is 5.56 Å². The SMILES string of the molecule is O=C(O)Cn1[nH]c(-c2ccccc2)cc1=O. The third-order valence-electron chi connectivity index (χ3n) is 2.17. The fraction of sp³-hybridized carbons (Fsp3) is 0.0909.